The lowest BCUT2D eigenvalue weighted by atomic mass is 10.1. The summed E-state index contributed by atoms with van der Waals surface area (Å²) in [5.74, 6) is -0.0680. The van der Waals surface area contributed by atoms with Crippen molar-refractivity contribution in [3.8, 4) is 0 Å². The Morgan fingerprint density at radius 3 is 2.68 bits per heavy atom. The number of rotatable bonds is 3. The number of benzene rings is 1. The van der Waals surface area contributed by atoms with Gasteiger partial charge in [-0.15, -0.1) is 0 Å². The summed E-state index contributed by atoms with van der Waals surface area (Å²) in [6.45, 7) is 3.92. The number of hydrogen-bond acceptors (Lipinski definition) is 4. The molecule has 0 bridgehead atoms. The predicted octanol–water partition coefficient (Wildman–Crippen LogP) is 3.03. The number of nitrogens with one attached hydrogen (secondary N) is 1. The molecule has 0 saturated carbocycles. The number of aromatic nitrogens is 2. The summed E-state index contributed by atoms with van der Waals surface area (Å²) in [7, 11) is 0. The maximum Gasteiger partial charge on any atom is 0.293 e. The van der Waals surface area contributed by atoms with Crippen LogP contribution in [0.3, 0.4) is 0 Å². The number of carbonyl (C=O) groups is 1. The van der Waals surface area contributed by atoms with Crippen molar-refractivity contribution in [3.05, 3.63) is 48.0 Å². The van der Waals surface area contributed by atoms with E-state index < -0.39 is 0 Å². The van der Waals surface area contributed by atoms with Crippen molar-refractivity contribution < 1.29 is 4.79 Å². The Morgan fingerprint density at radius 1 is 1.14 bits per heavy atom. The van der Waals surface area contributed by atoms with Crippen molar-refractivity contribution in [2.24, 2.45) is 0 Å². The predicted molar refractivity (Wildman–Crippen MR) is 87.2 cm³/mol. The van der Waals surface area contributed by atoms with E-state index >= 15 is 0 Å². The first kappa shape index (κ1) is 14.5. The third-order valence-electron chi connectivity index (χ3n) is 3.85. The molecule has 114 valence electrons. The number of hydrogen-bond donors (Lipinski definition) is 1. The van der Waals surface area contributed by atoms with Gasteiger partial charge in [0.1, 0.15) is 0 Å². The molecule has 0 atom stereocenters. The molecule has 2 aromatic rings. The SMILES string of the molecule is Cc1ccnc(C(=O)Nc2ccccc2N2CCCCC2)n1. The van der Waals surface area contributed by atoms with E-state index in [0.717, 1.165) is 30.2 Å². The molecule has 1 amide bonds. The Balaban J connectivity index is 1.81. The summed E-state index contributed by atoms with van der Waals surface area (Å²) in [5, 5.41) is 2.95. The van der Waals surface area contributed by atoms with Gasteiger partial charge in [-0.2, -0.15) is 0 Å². The molecule has 1 fully saturated rings. The van der Waals surface area contributed by atoms with Crippen LogP contribution in [-0.2, 0) is 0 Å². The van der Waals surface area contributed by atoms with Gasteiger partial charge in [-0.3, -0.25) is 4.79 Å². The number of amides is 1. The summed E-state index contributed by atoms with van der Waals surface area (Å²) in [6.07, 6.45) is 5.28. The summed E-state index contributed by atoms with van der Waals surface area (Å²) >= 11 is 0. The topological polar surface area (TPSA) is 58.1 Å². The molecule has 0 spiro atoms. The Kier molecular flexibility index (Phi) is 4.32. The average Bonchev–Trinajstić information content (AvgIpc) is 2.56. The molecule has 3 rings (SSSR count). The van der Waals surface area contributed by atoms with E-state index in [0.29, 0.717) is 0 Å². The van der Waals surface area contributed by atoms with Gasteiger partial charge in [-0.25, -0.2) is 9.97 Å². The average molecular weight is 296 g/mol. The molecule has 1 aliphatic heterocycles. The van der Waals surface area contributed by atoms with E-state index in [4.69, 9.17) is 0 Å². The van der Waals surface area contributed by atoms with Gasteiger partial charge in [0.15, 0.2) is 0 Å². The minimum atomic E-state index is -0.270. The molecule has 0 radical (unpaired) electrons. The summed E-state index contributed by atoms with van der Waals surface area (Å²) in [5.41, 5.74) is 2.67. The normalized spacial score (nSPS) is 14.7. The molecule has 5 heteroatoms. The van der Waals surface area contributed by atoms with Crippen LogP contribution < -0.4 is 10.2 Å². The molecule has 1 N–H and O–H groups in total. The van der Waals surface area contributed by atoms with E-state index in [1.807, 2.05) is 25.1 Å². The van der Waals surface area contributed by atoms with Gasteiger partial charge >= 0.3 is 0 Å². The Labute approximate surface area is 130 Å². The smallest absolute Gasteiger partial charge is 0.293 e. The zero-order chi connectivity index (χ0) is 15.4. The molecule has 0 aliphatic carbocycles. The largest absolute Gasteiger partial charge is 0.370 e. The highest BCUT2D eigenvalue weighted by atomic mass is 16.2. The van der Waals surface area contributed by atoms with Crippen molar-refractivity contribution in [3.63, 3.8) is 0 Å². The Morgan fingerprint density at radius 2 is 1.91 bits per heavy atom. The molecule has 0 unspecified atom stereocenters. The Hall–Kier alpha value is -2.43. The van der Waals surface area contributed by atoms with Gasteiger partial charge in [0, 0.05) is 25.0 Å². The zero-order valence-corrected chi connectivity index (χ0v) is 12.7. The second kappa shape index (κ2) is 6.56. The summed E-state index contributed by atoms with van der Waals surface area (Å²) in [4.78, 5) is 22.9. The van der Waals surface area contributed by atoms with E-state index in [1.54, 1.807) is 12.3 Å². The lowest BCUT2D eigenvalue weighted by Gasteiger charge is -2.30. The van der Waals surface area contributed by atoms with Gasteiger partial charge in [-0.05, 0) is 44.4 Å². The lowest BCUT2D eigenvalue weighted by molar-refractivity contribution is 0.101. The van der Waals surface area contributed by atoms with Crippen LogP contribution in [0.4, 0.5) is 11.4 Å². The molecule has 1 aromatic heterocycles. The van der Waals surface area contributed by atoms with Crippen LogP contribution in [0.1, 0.15) is 35.6 Å². The van der Waals surface area contributed by atoms with Crippen LogP contribution >= 0.6 is 0 Å². The fourth-order valence-electron chi connectivity index (χ4n) is 2.73. The first-order valence-electron chi connectivity index (χ1n) is 7.69. The quantitative estimate of drug-likeness (QED) is 0.946. The number of para-hydroxylation sites is 2. The molecule has 1 aliphatic rings. The van der Waals surface area contributed by atoms with Crippen molar-refractivity contribution in [1.82, 2.24) is 9.97 Å². The van der Waals surface area contributed by atoms with Crippen LogP contribution in [0, 0.1) is 6.92 Å². The second-order valence-electron chi connectivity index (χ2n) is 5.54. The standard InChI is InChI=1S/C17H20N4O/c1-13-9-10-18-16(19-13)17(22)20-14-7-3-4-8-15(14)21-11-5-2-6-12-21/h3-4,7-10H,2,5-6,11-12H2,1H3,(H,20,22). The number of anilines is 2. The van der Waals surface area contributed by atoms with Gasteiger partial charge in [0.2, 0.25) is 5.82 Å². The van der Waals surface area contributed by atoms with Crippen molar-refractivity contribution in [1.29, 1.82) is 0 Å². The minimum Gasteiger partial charge on any atom is -0.370 e. The van der Waals surface area contributed by atoms with Crippen LogP contribution in [0.25, 0.3) is 0 Å². The van der Waals surface area contributed by atoms with Crippen LogP contribution in [0.5, 0.6) is 0 Å². The first-order chi connectivity index (χ1) is 10.7. The molecule has 1 saturated heterocycles. The van der Waals surface area contributed by atoms with Crippen molar-refractivity contribution in [2.45, 2.75) is 26.2 Å². The van der Waals surface area contributed by atoms with Gasteiger partial charge in [0.05, 0.1) is 11.4 Å². The second-order valence-corrected chi connectivity index (χ2v) is 5.54. The highest BCUT2D eigenvalue weighted by molar-refractivity contribution is 6.03. The monoisotopic (exact) mass is 296 g/mol. The number of piperidine rings is 1. The highest BCUT2D eigenvalue weighted by Gasteiger charge is 2.17. The zero-order valence-electron chi connectivity index (χ0n) is 12.7. The van der Waals surface area contributed by atoms with Crippen LogP contribution in [0.2, 0.25) is 0 Å². The maximum absolute atomic E-state index is 12.3. The summed E-state index contributed by atoms with van der Waals surface area (Å²) < 4.78 is 0. The fourth-order valence-corrected chi connectivity index (χ4v) is 2.73. The minimum absolute atomic E-state index is 0.202. The van der Waals surface area contributed by atoms with E-state index in [9.17, 15) is 4.79 Å². The van der Waals surface area contributed by atoms with Crippen molar-refractivity contribution in [2.75, 3.05) is 23.3 Å². The number of aryl methyl sites for hydroxylation is 1. The molecule has 22 heavy (non-hydrogen) atoms. The van der Waals surface area contributed by atoms with Crippen molar-refractivity contribution >= 4 is 17.3 Å². The van der Waals surface area contributed by atoms with E-state index in [-0.39, 0.29) is 11.7 Å². The first-order valence-corrected chi connectivity index (χ1v) is 7.69. The molecule has 1 aromatic carbocycles. The van der Waals surface area contributed by atoms with Gasteiger partial charge in [-0.1, -0.05) is 12.1 Å². The van der Waals surface area contributed by atoms with E-state index in [2.05, 4.69) is 26.3 Å². The molecular formula is C17H20N4O. The van der Waals surface area contributed by atoms with Gasteiger partial charge in [0.25, 0.3) is 5.91 Å². The van der Waals surface area contributed by atoms with Crippen LogP contribution in [0.15, 0.2) is 36.5 Å². The van der Waals surface area contributed by atoms with Crippen LogP contribution in [-0.4, -0.2) is 29.0 Å². The lowest BCUT2D eigenvalue weighted by Crippen LogP contribution is -2.30. The molecule has 2 heterocycles. The maximum atomic E-state index is 12.3. The van der Waals surface area contributed by atoms with E-state index in [1.165, 1.54) is 19.3 Å². The molecular weight excluding hydrogens is 276 g/mol. The Bertz CT molecular complexity index is 665. The third kappa shape index (κ3) is 3.24. The summed E-state index contributed by atoms with van der Waals surface area (Å²) in [6, 6.07) is 9.69. The third-order valence-corrected chi connectivity index (χ3v) is 3.85. The number of nitrogens with zero attached hydrogens (tertiary/aromatic N) is 3. The number of carbonyl (C=O) groups excluding carboxylic acids is 1. The molecule has 5 nitrogen and oxygen atoms in total. The van der Waals surface area contributed by atoms with Gasteiger partial charge < -0.3 is 10.2 Å². The fraction of sp³-hybridized carbons (Fsp3) is 0.353. The highest BCUT2D eigenvalue weighted by Crippen LogP contribution is 2.28.